The Labute approximate surface area is 123 Å². The molecule has 3 rings (SSSR count). The number of hydrogen-bond donors (Lipinski definition) is 1. The molecule has 1 aromatic rings. The molecule has 0 radical (unpaired) electrons. The van der Waals surface area contributed by atoms with E-state index >= 15 is 0 Å². The van der Waals surface area contributed by atoms with Crippen LogP contribution in [0.15, 0.2) is 35.2 Å². The van der Waals surface area contributed by atoms with E-state index in [4.69, 9.17) is 21.4 Å². The molecule has 2 aliphatic heterocycles. The van der Waals surface area contributed by atoms with Gasteiger partial charge in [-0.15, -0.1) is 11.6 Å². The lowest BCUT2D eigenvalue weighted by molar-refractivity contribution is 0.0889. The summed E-state index contributed by atoms with van der Waals surface area (Å²) in [6.07, 6.45) is 0.648. The van der Waals surface area contributed by atoms with Crippen molar-refractivity contribution in [2.75, 3.05) is 6.61 Å². The van der Waals surface area contributed by atoms with Crippen molar-refractivity contribution in [3.05, 3.63) is 30.3 Å². The minimum Gasteiger partial charge on any atom is -0.396 e. The molecule has 20 heavy (non-hydrogen) atoms. The van der Waals surface area contributed by atoms with Gasteiger partial charge in [0.05, 0.1) is 22.5 Å². The van der Waals surface area contributed by atoms with Gasteiger partial charge in [-0.05, 0) is 30.9 Å². The Bertz CT molecular complexity index is 572. The number of ether oxygens (including phenoxy) is 1. The largest absolute Gasteiger partial charge is 0.396 e. The first-order chi connectivity index (χ1) is 9.55. The van der Waals surface area contributed by atoms with E-state index in [-0.39, 0.29) is 24.7 Å². The Morgan fingerprint density at radius 2 is 2.00 bits per heavy atom. The van der Waals surface area contributed by atoms with Crippen molar-refractivity contribution >= 4 is 21.4 Å². The fraction of sp³-hybridized carbons (Fsp3) is 0.571. The van der Waals surface area contributed by atoms with Gasteiger partial charge in [0.15, 0.2) is 9.84 Å². The van der Waals surface area contributed by atoms with Crippen LogP contribution in [-0.2, 0) is 14.6 Å². The highest BCUT2D eigenvalue weighted by atomic mass is 35.5. The summed E-state index contributed by atoms with van der Waals surface area (Å²) >= 11 is 6.35. The molecule has 2 bridgehead atoms. The molecule has 5 unspecified atom stereocenters. The van der Waals surface area contributed by atoms with E-state index in [0.29, 0.717) is 17.7 Å². The summed E-state index contributed by atoms with van der Waals surface area (Å²) in [6, 6.07) is 8.38. The molecule has 2 fully saturated rings. The zero-order chi connectivity index (χ0) is 14.3. The first-order valence-electron chi connectivity index (χ1n) is 6.75. The van der Waals surface area contributed by atoms with Gasteiger partial charge in [0.25, 0.3) is 0 Å². The van der Waals surface area contributed by atoms with Gasteiger partial charge in [-0.2, -0.15) is 0 Å². The summed E-state index contributed by atoms with van der Waals surface area (Å²) in [5.41, 5.74) is 0. The van der Waals surface area contributed by atoms with Crippen LogP contribution < -0.4 is 0 Å². The van der Waals surface area contributed by atoms with Gasteiger partial charge in [0, 0.05) is 6.61 Å². The lowest BCUT2D eigenvalue weighted by atomic mass is 9.86. The number of fused-ring (bicyclic) bond motifs is 2. The highest BCUT2D eigenvalue weighted by molar-refractivity contribution is 7.92. The van der Waals surface area contributed by atoms with Gasteiger partial charge in [0.2, 0.25) is 0 Å². The summed E-state index contributed by atoms with van der Waals surface area (Å²) in [5, 5.41) is 7.79. The monoisotopic (exact) mass is 316 g/mol. The average Bonchev–Trinajstić information content (AvgIpc) is 2.97. The van der Waals surface area contributed by atoms with Gasteiger partial charge in [0.1, 0.15) is 5.25 Å². The normalized spacial score (nSPS) is 36.4. The van der Waals surface area contributed by atoms with Gasteiger partial charge in [-0.1, -0.05) is 18.2 Å². The summed E-state index contributed by atoms with van der Waals surface area (Å²) in [6.45, 7) is 0.0803. The molecule has 4 nitrogen and oxygen atoms in total. The van der Waals surface area contributed by atoms with E-state index in [1.165, 1.54) is 0 Å². The van der Waals surface area contributed by atoms with Crippen LogP contribution in [0.4, 0.5) is 0 Å². The number of rotatable bonds is 4. The van der Waals surface area contributed by atoms with Crippen LogP contribution in [0.2, 0.25) is 0 Å². The molecule has 2 aliphatic rings. The standard InChI is InChI=1S/C14H17ClO4S/c15-12-13-9(6-7-16)8-11(19-13)14(12)20(17,18)10-4-2-1-3-5-10/h1-5,9,11-14,16H,6-8H2. The average molecular weight is 317 g/mol. The maximum Gasteiger partial charge on any atom is 0.185 e. The molecular formula is C14H17ClO4S. The number of alkyl halides is 1. The minimum atomic E-state index is -3.48. The van der Waals surface area contributed by atoms with Gasteiger partial charge >= 0.3 is 0 Å². The highest BCUT2D eigenvalue weighted by Crippen LogP contribution is 2.47. The van der Waals surface area contributed by atoms with Crippen LogP contribution in [-0.4, -0.2) is 43.0 Å². The molecule has 1 N–H and O–H groups in total. The number of aliphatic hydroxyl groups is 1. The van der Waals surface area contributed by atoms with Gasteiger partial charge in [-0.25, -0.2) is 8.42 Å². The zero-order valence-corrected chi connectivity index (χ0v) is 12.4. The molecule has 6 heteroatoms. The fourth-order valence-electron chi connectivity index (χ4n) is 3.33. The fourth-order valence-corrected chi connectivity index (χ4v) is 6.08. The maximum atomic E-state index is 12.7. The first-order valence-corrected chi connectivity index (χ1v) is 8.73. The summed E-state index contributed by atoms with van der Waals surface area (Å²) in [7, 11) is -3.48. The van der Waals surface area contributed by atoms with Crippen LogP contribution in [0.3, 0.4) is 0 Å². The second-order valence-electron chi connectivity index (χ2n) is 5.41. The number of aliphatic hydroxyl groups excluding tert-OH is 1. The molecule has 0 saturated carbocycles. The quantitative estimate of drug-likeness (QED) is 0.857. The molecule has 0 amide bonds. The van der Waals surface area contributed by atoms with E-state index in [9.17, 15) is 8.42 Å². The SMILES string of the molecule is O=S(=O)(c1ccccc1)C1C2CC(CCO)C(O2)C1Cl. The van der Waals surface area contributed by atoms with Crippen molar-refractivity contribution < 1.29 is 18.3 Å². The predicted molar refractivity (Wildman–Crippen MR) is 75.5 cm³/mol. The molecule has 0 aromatic heterocycles. The number of hydrogen-bond acceptors (Lipinski definition) is 4. The minimum absolute atomic E-state index is 0.0803. The lowest BCUT2D eigenvalue weighted by Gasteiger charge is -2.28. The lowest BCUT2D eigenvalue weighted by Crippen LogP contribution is -2.43. The molecule has 0 spiro atoms. The Hall–Kier alpha value is -0.620. The third kappa shape index (κ3) is 2.17. The number of halogens is 1. The molecule has 110 valence electrons. The Morgan fingerprint density at radius 1 is 1.30 bits per heavy atom. The molecule has 5 atom stereocenters. The van der Waals surface area contributed by atoms with Crippen LogP contribution in [0, 0.1) is 5.92 Å². The van der Waals surface area contributed by atoms with Crippen molar-refractivity contribution in [2.45, 2.75) is 40.6 Å². The second-order valence-corrected chi connectivity index (χ2v) is 8.02. The second kappa shape index (κ2) is 5.30. The van der Waals surface area contributed by atoms with Crippen molar-refractivity contribution in [3.8, 4) is 0 Å². The highest BCUT2D eigenvalue weighted by Gasteiger charge is 2.58. The van der Waals surface area contributed by atoms with Crippen molar-refractivity contribution in [1.82, 2.24) is 0 Å². The molecule has 1 aromatic carbocycles. The third-order valence-electron chi connectivity index (χ3n) is 4.26. The molecule has 0 aliphatic carbocycles. The van der Waals surface area contributed by atoms with E-state index in [2.05, 4.69) is 0 Å². The Kier molecular flexibility index (Phi) is 3.79. The van der Waals surface area contributed by atoms with Crippen LogP contribution in [0.5, 0.6) is 0 Å². The van der Waals surface area contributed by atoms with Gasteiger partial charge in [-0.3, -0.25) is 0 Å². The third-order valence-corrected chi connectivity index (χ3v) is 7.17. The molecular weight excluding hydrogens is 300 g/mol. The van der Waals surface area contributed by atoms with Crippen LogP contribution >= 0.6 is 11.6 Å². The van der Waals surface area contributed by atoms with Crippen molar-refractivity contribution in [3.63, 3.8) is 0 Å². The van der Waals surface area contributed by atoms with Crippen molar-refractivity contribution in [1.29, 1.82) is 0 Å². The summed E-state index contributed by atoms with van der Waals surface area (Å²) < 4.78 is 31.1. The number of sulfone groups is 1. The Morgan fingerprint density at radius 3 is 2.60 bits per heavy atom. The van der Waals surface area contributed by atoms with Crippen LogP contribution in [0.25, 0.3) is 0 Å². The smallest absolute Gasteiger partial charge is 0.185 e. The van der Waals surface area contributed by atoms with Crippen LogP contribution in [0.1, 0.15) is 12.8 Å². The Balaban J connectivity index is 1.87. The molecule has 2 heterocycles. The maximum absolute atomic E-state index is 12.7. The number of benzene rings is 1. The van der Waals surface area contributed by atoms with E-state index in [1.54, 1.807) is 30.3 Å². The zero-order valence-electron chi connectivity index (χ0n) is 10.9. The van der Waals surface area contributed by atoms with E-state index < -0.39 is 20.5 Å². The first kappa shape index (κ1) is 14.3. The van der Waals surface area contributed by atoms with Gasteiger partial charge < -0.3 is 9.84 Å². The topological polar surface area (TPSA) is 63.6 Å². The van der Waals surface area contributed by atoms with E-state index in [0.717, 1.165) is 0 Å². The summed E-state index contributed by atoms with van der Waals surface area (Å²) in [5.74, 6) is 0.162. The van der Waals surface area contributed by atoms with Crippen molar-refractivity contribution in [2.24, 2.45) is 5.92 Å². The predicted octanol–water partition coefficient (Wildman–Crippen LogP) is 1.61. The molecule has 2 saturated heterocycles. The summed E-state index contributed by atoms with van der Waals surface area (Å²) in [4.78, 5) is 0.297. The van der Waals surface area contributed by atoms with E-state index in [1.807, 2.05) is 0 Å².